The lowest BCUT2D eigenvalue weighted by Crippen LogP contribution is -2.27. The summed E-state index contributed by atoms with van der Waals surface area (Å²) in [5.41, 5.74) is 1.25. The first-order valence-electron chi connectivity index (χ1n) is 4.92. The van der Waals surface area contributed by atoms with Crippen molar-refractivity contribution in [3.8, 4) is 0 Å². The van der Waals surface area contributed by atoms with E-state index in [0.717, 1.165) is 16.9 Å². The van der Waals surface area contributed by atoms with Gasteiger partial charge in [0.25, 0.3) is 0 Å². The van der Waals surface area contributed by atoms with Crippen LogP contribution in [0.3, 0.4) is 0 Å². The first kappa shape index (κ1) is 12.7. The minimum atomic E-state index is 0.108. The summed E-state index contributed by atoms with van der Waals surface area (Å²) in [6.07, 6.45) is 0.541. The van der Waals surface area contributed by atoms with Gasteiger partial charge in [0.2, 0.25) is 5.91 Å². The lowest BCUT2D eigenvalue weighted by Gasteiger charge is -2.03. The summed E-state index contributed by atoms with van der Waals surface area (Å²) in [6.45, 7) is 4.17. The molecule has 15 heavy (non-hydrogen) atoms. The summed E-state index contributed by atoms with van der Waals surface area (Å²) in [4.78, 5) is 11.1. The van der Waals surface area contributed by atoms with Crippen LogP contribution in [0.15, 0.2) is 15.2 Å². The van der Waals surface area contributed by atoms with Crippen LogP contribution in [-0.2, 0) is 11.3 Å². The van der Waals surface area contributed by atoms with Crippen molar-refractivity contribution in [2.45, 2.75) is 19.9 Å². The molecule has 5 heteroatoms. The first-order valence-corrected chi connectivity index (χ1v) is 6.60. The van der Waals surface area contributed by atoms with E-state index in [4.69, 9.17) is 0 Å². The van der Waals surface area contributed by atoms with Gasteiger partial charge in [0.1, 0.15) is 0 Å². The predicted octanol–water partition coefficient (Wildman–Crippen LogP) is 2.13. The number of hydrogen-bond donors (Lipinski definition) is 2. The smallest absolute Gasteiger partial charge is 0.221 e. The molecule has 3 nitrogen and oxygen atoms in total. The van der Waals surface area contributed by atoms with Gasteiger partial charge in [0.05, 0.1) is 3.79 Å². The van der Waals surface area contributed by atoms with Crippen LogP contribution in [0.5, 0.6) is 0 Å². The van der Waals surface area contributed by atoms with Crippen LogP contribution < -0.4 is 10.6 Å². The van der Waals surface area contributed by atoms with Crippen LogP contribution in [0.2, 0.25) is 0 Å². The van der Waals surface area contributed by atoms with Gasteiger partial charge in [-0.3, -0.25) is 4.79 Å². The van der Waals surface area contributed by atoms with Crippen molar-refractivity contribution >= 4 is 33.2 Å². The molecule has 0 aliphatic rings. The zero-order valence-electron chi connectivity index (χ0n) is 8.68. The van der Waals surface area contributed by atoms with E-state index < -0.39 is 0 Å². The van der Waals surface area contributed by atoms with Gasteiger partial charge in [-0.1, -0.05) is 0 Å². The molecule has 0 unspecified atom stereocenters. The normalized spacial score (nSPS) is 10.3. The second kappa shape index (κ2) is 6.98. The Hall–Kier alpha value is -0.390. The fraction of sp³-hybridized carbons (Fsp3) is 0.500. The third-order valence-electron chi connectivity index (χ3n) is 1.85. The van der Waals surface area contributed by atoms with Gasteiger partial charge in [-0.15, -0.1) is 11.3 Å². The number of carbonyl (C=O) groups excluding carboxylic acids is 1. The van der Waals surface area contributed by atoms with Gasteiger partial charge >= 0.3 is 0 Å². The van der Waals surface area contributed by atoms with E-state index in [1.165, 1.54) is 5.56 Å². The number of halogens is 1. The molecule has 1 amide bonds. The van der Waals surface area contributed by atoms with E-state index in [1.807, 2.05) is 6.92 Å². The van der Waals surface area contributed by atoms with Crippen molar-refractivity contribution in [1.82, 2.24) is 10.6 Å². The van der Waals surface area contributed by atoms with Gasteiger partial charge < -0.3 is 10.6 Å². The predicted molar refractivity (Wildman–Crippen MR) is 67.0 cm³/mol. The molecular formula is C10H15BrN2OS. The van der Waals surface area contributed by atoms with Gasteiger partial charge in [-0.2, -0.15) is 0 Å². The van der Waals surface area contributed by atoms with Crippen molar-refractivity contribution in [3.63, 3.8) is 0 Å². The van der Waals surface area contributed by atoms with Crippen LogP contribution in [0.25, 0.3) is 0 Å². The molecule has 0 saturated carbocycles. The summed E-state index contributed by atoms with van der Waals surface area (Å²) in [5.74, 6) is 0.108. The Kier molecular flexibility index (Phi) is 5.90. The fourth-order valence-corrected chi connectivity index (χ4v) is 2.37. The number of thiophene rings is 1. The lowest BCUT2D eigenvalue weighted by molar-refractivity contribution is -0.120. The zero-order chi connectivity index (χ0) is 11.1. The van der Waals surface area contributed by atoms with Crippen LogP contribution in [0.1, 0.15) is 18.9 Å². The molecule has 0 bridgehead atoms. The van der Waals surface area contributed by atoms with Gasteiger partial charge in [-0.05, 0) is 39.9 Å². The quantitative estimate of drug-likeness (QED) is 0.788. The average Bonchev–Trinajstić information content (AvgIpc) is 2.60. The molecule has 0 fully saturated rings. The van der Waals surface area contributed by atoms with Crippen molar-refractivity contribution in [1.29, 1.82) is 0 Å². The third-order valence-corrected chi connectivity index (χ3v) is 3.41. The maximum absolute atomic E-state index is 11.1. The molecule has 1 rings (SSSR count). The zero-order valence-corrected chi connectivity index (χ0v) is 11.1. The number of hydrogen-bond acceptors (Lipinski definition) is 3. The highest BCUT2D eigenvalue weighted by Gasteiger charge is 1.99. The minimum Gasteiger partial charge on any atom is -0.356 e. The van der Waals surface area contributed by atoms with Crippen molar-refractivity contribution in [3.05, 3.63) is 20.8 Å². The Balaban J connectivity index is 2.09. The molecule has 0 atom stereocenters. The summed E-state index contributed by atoms with van der Waals surface area (Å²) < 4.78 is 1.14. The molecule has 0 aliphatic carbocycles. The monoisotopic (exact) mass is 290 g/mol. The molecule has 0 saturated heterocycles. The molecule has 0 spiro atoms. The molecular weight excluding hydrogens is 276 g/mol. The molecule has 0 radical (unpaired) electrons. The molecule has 1 aromatic rings. The molecule has 2 N–H and O–H groups in total. The molecule has 0 aliphatic heterocycles. The molecule has 1 heterocycles. The van der Waals surface area contributed by atoms with E-state index >= 15 is 0 Å². The molecule has 84 valence electrons. The second-order valence-corrected chi connectivity index (χ2v) is 5.43. The van der Waals surface area contributed by atoms with E-state index in [2.05, 4.69) is 38.0 Å². The summed E-state index contributed by atoms with van der Waals surface area (Å²) in [5, 5.41) is 8.09. The van der Waals surface area contributed by atoms with Crippen molar-refractivity contribution in [2.24, 2.45) is 0 Å². The highest BCUT2D eigenvalue weighted by molar-refractivity contribution is 9.11. The molecule has 1 aromatic heterocycles. The third kappa shape index (κ3) is 5.30. The second-order valence-electron chi connectivity index (χ2n) is 3.14. The number of carbonyl (C=O) groups is 1. The SMILES string of the molecule is CCNC(=O)CCNCc1csc(Br)c1. The van der Waals surface area contributed by atoms with Gasteiger partial charge in [0.15, 0.2) is 0 Å². The topological polar surface area (TPSA) is 41.1 Å². The Labute approximate surface area is 102 Å². The summed E-state index contributed by atoms with van der Waals surface area (Å²) >= 11 is 5.09. The standard InChI is InChI=1S/C10H15BrN2OS/c1-2-13-10(14)3-4-12-6-8-5-9(11)15-7-8/h5,7,12H,2-4,6H2,1H3,(H,13,14). The largest absolute Gasteiger partial charge is 0.356 e. The van der Waals surface area contributed by atoms with Crippen LogP contribution in [-0.4, -0.2) is 19.0 Å². The molecule has 0 aromatic carbocycles. The fourth-order valence-electron chi connectivity index (χ4n) is 1.16. The van der Waals surface area contributed by atoms with Crippen LogP contribution in [0, 0.1) is 0 Å². The number of amides is 1. The average molecular weight is 291 g/mol. The highest BCUT2D eigenvalue weighted by atomic mass is 79.9. The maximum atomic E-state index is 11.1. The Morgan fingerprint density at radius 3 is 3.00 bits per heavy atom. The van der Waals surface area contributed by atoms with E-state index in [1.54, 1.807) is 11.3 Å². The van der Waals surface area contributed by atoms with E-state index in [-0.39, 0.29) is 5.91 Å². The van der Waals surface area contributed by atoms with Crippen LogP contribution in [0.4, 0.5) is 0 Å². The van der Waals surface area contributed by atoms with Gasteiger partial charge in [0, 0.05) is 26.1 Å². The summed E-state index contributed by atoms with van der Waals surface area (Å²) in [6, 6.07) is 2.09. The van der Waals surface area contributed by atoms with E-state index in [9.17, 15) is 4.79 Å². The first-order chi connectivity index (χ1) is 7.22. The minimum absolute atomic E-state index is 0.108. The van der Waals surface area contributed by atoms with Crippen molar-refractivity contribution in [2.75, 3.05) is 13.1 Å². The van der Waals surface area contributed by atoms with Crippen molar-refractivity contribution < 1.29 is 4.79 Å². The lowest BCUT2D eigenvalue weighted by atomic mass is 10.3. The highest BCUT2D eigenvalue weighted by Crippen LogP contribution is 2.20. The maximum Gasteiger partial charge on any atom is 0.221 e. The van der Waals surface area contributed by atoms with Gasteiger partial charge in [-0.25, -0.2) is 0 Å². The Bertz CT molecular complexity index is 314. The van der Waals surface area contributed by atoms with Crippen LogP contribution >= 0.6 is 27.3 Å². The number of rotatable bonds is 6. The Morgan fingerprint density at radius 2 is 2.40 bits per heavy atom. The van der Waals surface area contributed by atoms with E-state index in [0.29, 0.717) is 13.0 Å². The number of nitrogens with one attached hydrogen (secondary N) is 2. The summed E-state index contributed by atoms with van der Waals surface area (Å²) in [7, 11) is 0. The Morgan fingerprint density at radius 1 is 1.60 bits per heavy atom.